The molecule has 1 aliphatic carbocycles. The molecule has 0 radical (unpaired) electrons. The third-order valence-electron chi connectivity index (χ3n) is 3.25. The fourth-order valence-electron chi connectivity index (χ4n) is 2.22. The molecule has 1 aromatic carbocycles. The number of hydrogen-bond donors (Lipinski definition) is 2. The average Bonchev–Trinajstić information content (AvgIpc) is 2.29. The first kappa shape index (κ1) is 11.4. The zero-order chi connectivity index (χ0) is 11.4. The van der Waals surface area contributed by atoms with Gasteiger partial charge in [-0.15, -0.1) is 0 Å². The van der Waals surface area contributed by atoms with Gasteiger partial charge in [0.2, 0.25) is 0 Å². The van der Waals surface area contributed by atoms with Gasteiger partial charge in [-0.3, -0.25) is 0 Å². The third-order valence-corrected chi connectivity index (χ3v) is 3.25. The molecule has 0 aliphatic heterocycles. The van der Waals surface area contributed by atoms with E-state index in [9.17, 15) is 9.50 Å². The van der Waals surface area contributed by atoms with Crippen LogP contribution in [0, 0.1) is 5.82 Å². The van der Waals surface area contributed by atoms with Crippen LogP contribution in [-0.2, 0) is 0 Å². The molecule has 0 aromatic heterocycles. The van der Waals surface area contributed by atoms with Crippen molar-refractivity contribution in [3.05, 3.63) is 30.1 Å². The maximum absolute atomic E-state index is 12.7. The van der Waals surface area contributed by atoms with Gasteiger partial charge < -0.3 is 10.4 Å². The minimum Gasteiger partial charge on any atom is -0.388 e. The Labute approximate surface area is 95.5 Å². The summed E-state index contributed by atoms with van der Waals surface area (Å²) in [6.07, 6.45) is 5.14. The maximum Gasteiger partial charge on any atom is 0.123 e. The van der Waals surface area contributed by atoms with Gasteiger partial charge >= 0.3 is 0 Å². The molecule has 0 atom stereocenters. The highest BCUT2D eigenvalue weighted by Gasteiger charge is 2.28. The van der Waals surface area contributed by atoms with E-state index in [0.717, 1.165) is 31.4 Å². The normalized spacial score (nSPS) is 19.4. The van der Waals surface area contributed by atoms with Gasteiger partial charge in [-0.2, -0.15) is 0 Å². The number of anilines is 1. The SMILES string of the molecule is OC1(CNc2ccc(F)cc2)CCCCC1. The van der Waals surface area contributed by atoms with Crippen molar-refractivity contribution >= 4 is 5.69 Å². The molecule has 1 saturated carbocycles. The summed E-state index contributed by atoms with van der Waals surface area (Å²) in [5, 5.41) is 13.4. The van der Waals surface area contributed by atoms with E-state index in [0.29, 0.717) is 6.54 Å². The first-order chi connectivity index (χ1) is 7.68. The van der Waals surface area contributed by atoms with Crippen LogP contribution in [0.15, 0.2) is 24.3 Å². The second-order valence-corrected chi connectivity index (χ2v) is 4.65. The molecule has 0 saturated heterocycles. The predicted molar refractivity (Wildman–Crippen MR) is 62.9 cm³/mol. The van der Waals surface area contributed by atoms with Crippen molar-refractivity contribution in [3.63, 3.8) is 0 Å². The number of aliphatic hydroxyl groups is 1. The smallest absolute Gasteiger partial charge is 0.123 e. The lowest BCUT2D eigenvalue weighted by molar-refractivity contribution is 0.0167. The molecule has 0 spiro atoms. The molecule has 0 unspecified atom stereocenters. The molecule has 2 N–H and O–H groups in total. The Morgan fingerprint density at radius 1 is 1.12 bits per heavy atom. The number of nitrogens with one attached hydrogen (secondary N) is 1. The van der Waals surface area contributed by atoms with E-state index >= 15 is 0 Å². The van der Waals surface area contributed by atoms with Crippen LogP contribution in [0.25, 0.3) is 0 Å². The molecule has 3 heteroatoms. The molecule has 0 amide bonds. The van der Waals surface area contributed by atoms with Gasteiger partial charge in [0.05, 0.1) is 5.60 Å². The van der Waals surface area contributed by atoms with Crippen LogP contribution in [0.3, 0.4) is 0 Å². The molecule has 88 valence electrons. The largest absolute Gasteiger partial charge is 0.388 e. The van der Waals surface area contributed by atoms with Crippen LogP contribution >= 0.6 is 0 Å². The fraction of sp³-hybridized carbons (Fsp3) is 0.538. The van der Waals surface area contributed by atoms with Crippen molar-refractivity contribution in [2.75, 3.05) is 11.9 Å². The Balaban J connectivity index is 1.88. The summed E-state index contributed by atoms with van der Waals surface area (Å²) in [5.74, 6) is -0.234. The lowest BCUT2D eigenvalue weighted by Gasteiger charge is -2.32. The number of hydrogen-bond acceptors (Lipinski definition) is 2. The second-order valence-electron chi connectivity index (χ2n) is 4.65. The summed E-state index contributed by atoms with van der Waals surface area (Å²) in [6, 6.07) is 6.24. The van der Waals surface area contributed by atoms with Crippen LogP contribution in [0.4, 0.5) is 10.1 Å². The van der Waals surface area contributed by atoms with E-state index in [-0.39, 0.29) is 5.82 Å². The predicted octanol–water partition coefficient (Wildman–Crippen LogP) is 2.93. The van der Waals surface area contributed by atoms with Gasteiger partial charge in [0, 0.05) is 12.2 Å². The van der Waals surface area contributed by atoms with Crippen LogP contribution in [0.1, 0.15) is 32.1 Å². The molecule has 1 aliphatic rings. The first-order valence-electron chi connectivity index (χ1n) is 5.90. The van der Waals surface area contributed by atoms with Gasteiger partial charge in [-0.05, 0) is 37.1 Å². The highest BCUT2D eigenvalue weighted by atomic mass is 19.1. The lowest BCUT2D eigenvalue weighted by atomic mass is 9.85. The van der Waals surface area contributed by atoms with Crippen molar-refractivity contribution in [1.29, 1.82) is 0 Å². The van der Waals surface area contributed by atoms with Crippen LogP contribution < -0.4 is 5.32 Å². The Hall–Kier alpha value is -1.09. The van der Waals surface area contributed by atoms with Gasteiger partial charge in [0.1, 0.15) is 5.82 Å². The molecule has 16 heavy (non-hydrogen) atoms. The van der Waals surface area contributed by atoms with Crippen LogP contribution in [-0.4, -0.2) is 17.3 Å². The van der Waals surface area contributed by atoms with Gasteiger partial charge in [-0.1, -0.05) is 19.3 Å². The van der Waals surface area contributed by atoms with Crippen molar-refractivity contribution < 1.29 is 9.50 Å². The van der Waals surface area contributed by atoms with E-state index in [4.69, 9.17) is 0 Å². The molecule has 2 nitrogen and oxygen atoms in total. The second kappa shape index (κ2) is 4.83. The summed E-state index contributed by atoms with van der Waals surface area (Å²) in [6.45, 7) is 0.554. The molecule has 1 fully saturated rings. The van der Waals surface area contributed by atoms with Crippen LogP contribution in [0.5, 0.6) is 0 Å². The number of halogens is 1. The molecular formula is C13H18FNO. The molecular weight excluding hydrogens is 205 g/mol. The van der Waals surface area contributed by atoms with Gasteiger partial charge in [0.25, 0.3) is 0 Å². The summed E-state index contributed by atoms with van der Waals surface area (Å²) in [4.78, 5) is 0. The Bertz CT molecular complexity index is 330. The minimum absolute atomic E-state index is 0.234. The van der Waals surface area contributed by atoms with Crippen molar-refractivity contribution in [3.8, 4) is 0 Å². The molecule has 2 rings (SSSR count). The highest BCUT2D eigenvalue weighted by molar-refractivity contribution is 5.43. The number of benzene rings is 1. The van der Waals surface area contributed by atoms with Crippen molar-refractivity contribution in [1.82, 2.24) is 0 Å². The molecule has 0 bridgehead atoms. The quantitative estimate of drug-likeness (QED) is 0.825. The molecule has 0 heterocycles. The van der Waals surface area contributed by atoms with E-state index in [1.807, 2.05) is 0 Å². The zero-order valence-electron chi connectivity index (χ0n) is 9.38. The van der Waals surface area contributed by atoms with E-state index in [2.05, 4.69) is 5.32 Å². The summed E-state index contributed by atoms with van der Waals surface area (Å²) >= 11 is 0. The lowest BCUT2D eigenvalue weighted by Crippen LogP contribution is -2.38. The fourth-order valence-corrected chi connectivity index (χ4v) is 2.22. The summed E-state index contributed by atoms with van der Waals surface area (Å²) < 4.78 is 12.7. The summed E-state index contributed by atoms with van der Waals surface area (Å²) in [7, 11) is 0. The van der Waals surface area contributed by atoms with E-state index in [1.54, 1.807) is 12.1 Å². The summed E-state index contributed by atoms with van der Waals surface area (Å²) in [5.41, 5.74) is 0.285. The minimum atomic E-state index is -0.577. The molecule has 1 aromatic rings. The van der Waals surface area contributed by atoms with Gasteiger partial charge in [0.15, 0.2) is 0 Å². The Morgan fingerprint density at radius 3 is 2.38 bits per heavy atom. The first-order valence-corrected chi connectivity index (χ1v) is 5.90. The van der Waals surface area contributed by atoms with E-state index in [1.165, 1.54) is 18.6 Å². The monoisotopic (exact) mass is 223 g/mol. The maximum atomic E-state index is 12.7. The third kappa shape index (κ3) is 2.95. The number of rotatable bonds is 3. The Morgan fingerprint density at radius 2 is 1.75 bits per heavy atom. The Kier molecular flexibility index (Phi) is 3.44. The van der Waals surface area contributed by atoms with Crippen molar-refractivity contribution in [2.24, 2.45) is 0 Å². The highest BCUT2D eigenvalue weighted by Crippen LogP contribution is 2.28. The van der Waals surface area contributed by atoms with Crippen molar-refractivity contribution in [2.45, 2.75) is 37.7 Å². The van der Waals surface area contributed by atoms with Crippen LogP contribution in [0.2, 0.25) is 0 Å². The average molecular weight is 223 g/mol. The van der Waals surface area contributed by atoms with E-state index < -0.39 is 5.60 Å². The standard InChI is InChI=1S/C13H18FNO/c14-11-4-6-12(7-5-11)15-10-13(16)8-2-1-3-9-13/h4-7,15-16H,1-3,8-10H2. The topological polar surface area (TPSA) is 32.3 Å². The van der Waals surface area contributed by atoms with Gasteiger partial charge in [-0.25, -0.2) is 4.39 Å². The zero-order valence-corrected chi connectivity index (χ0v) is 9.38.